The lowest BCUT2D eigenvalue weighted by molar-refractivity contribution is 0.534. The van der Waals surface area contributed by atoms with Crippen molar-refractivity contribution >= 4 is 108 Å². The van der Waals surface area contributed by atoms with Gasteiger partial charge in [0.05, 0.1) is 28.5 Å². The van der Waals surface area contributed by atoms with E-state index in [0.29, 0.717) is 0 Å². The van der Waals surface area contributed by atoms with Gasteiger partial charge in [-0.15, -0.1) is 11.3 Å². The van der Waals surface area contributed by atoms with Crippen LogP contribution in [0.1, 0.15) is 36.1 Å². The van der Waals surface area contributed by atoms with Gasteiger partial charge < -0.3 is 8.98 Å². The first-order valence-corrected chi connectivity index (χ1v) is 24.0. The molecule has 13 aromatic rings. The minimum absolute atomic E-state index is 0.0630. The number of para-hydroxylation sites is 1. The Bertz CT molecular complexity index is 4210. The molecule has 4 heterocycles. The first-order valence-electron chi connectivity index (χ1n) is 23.2. The minimum Gasteiger partial charge on any atom is -0.456 e. The normalized spacial score (nSPS) is 15.5. The minimum atomic E-state index is -0.326. The van der Waals surface area contributed by atoms with Crippen LogP contribution in [0.15, 0.2) is 221 Å². The quantitative estimate of drug-likeness (QED) is 0.164. The molecule has 0 spiro atoms. The molecule has 0 amide bonds. The first-order chi connectivity index (χ1) is 33.2. The van der Waals surface area contributed by atoms with Crippen molar-refractivity contribution in [3.8, 4) is 16.8 Å². The smallest absolute Gasteiger partial charge is 0.155 e. The van der Waals surface area contributed by atoms with E-state index in [1.54, 1.807) is 0 Å². The number of aliphatic imine (C=N–C) groups is 2. The summed E-state index contributed by atoms with van der Waals surface area (Å²) in [6, 6.07) is 74.6. The third-order valence-electron chi connectivity index (χ3n) is 14.2. The zero-order chi connectivity index (χ0) is 44.2. The summed E-state index contributed by atoms with van der Waals surface area (Å²) in [7, 11) is 0. The van der Waals surface area contributed by atoms with Gasteiger partial charge in [0.1, 0.15) is 11.2 Å². The second-order valence-electron chi connectivity index (χ2n) is 17.9. The van der Waals surface area contributed by atoms with E-state index >= 15 is 0 Å². The van der Waals surface area contributed by atoms with E-state index in [2.05, 4.69) is 218 Å². The van der Waals surface area contributed by atoms with E-state index in [-0.39, 0.29) is 12.0 Å². The van der Waals surface area contributed by atoms with Gasteiger partial charge in [-0.1, -0.05) is 165 Å². The van der Waals surface area contributed by atoms with E-state index < -0.39 is 0 Å². The van der Waals surface area contributed by atoms with Crippen molar-refractivity contribution in [3.05, 3.63) is 223 Å². The van der Waals surface area contributed by atoms with Gasteiger partial charge in [0.15, 0.2) is 5.84 Å². The number of nitrogens with zero attached hydrogens (tertiary/aromatic N) is 3. The fourth-order valence-electron chi connectivity index (χ4n) is 11.1. The Morgan fingerprint density at radius 1 is 0.478 bits per heavy atom. The van der Waals surface area contributed by atoms with Gasteiger partial charge in [-0.2, -0.15) is 0 Å². The van der Waals surface area contributed by atoms with Gasteiger partial charge in [-0.05, 0) is 93.2 Å². The molecule has 2 atom stereocenters. The van der Waals surface area contributed by atoms with E-state index in [0.717, 1.165) is 78.9 Å². The van der Waals surface area contributed by atoms with Crippen molar-refractivity contribution in [2.45, 2.75) is 19.4 Å². The summed E-state index contributed by atoms with van der Waals surface area (Å²) in [6.07, 6.45) is 0.825. The molecule has 5 heteroatoms. The summed E-state index contributed by atoms with van der Waals surface area (Å²) in [5.41, 5.74) is 11.8. The van der Waals surface area contributed by atoms with Crippen LogP contribution in [-0.2, 0) is 0 Å². The number of amidine groups is 1. The molecule has 0 aliphatic carbocycles. The van der Waals surface area contributed by atoms with Crippen LogP contribution in [0, 0.1) is 5.92 Å². The molecule has 0 saturated heterocycles. The fraction of sp³-hybridized carbons (Fsp3) is 0.0645. The van der Waals surface area contributed by atoms with Crippen LogP contribution in [0.2, 0.25) is 0 Å². The highest BCUT2D eigenvalue weighted by Crippen LogP contribution is 2.48. The van der Waals surface area contributed by atoms with Crippen LogP contribution >= 0.6 is 11.3 Å². The Morgan fingerprint density at radius 3 is 1.99 bits per heavy atom. The van der Waals surface area contributed by atoms with Crippen molar-refractivity contribution < 1.29 is 4.42 Å². The predicted octanol–water partition coefficient (Wildman–Crippen LogP) is 17.0. The lowest BCUT2D eigenvalue weighted by atomic mass is 9.81. The van der Waals surface area contributed by atoms with E-state index in [1.165, 1.54) is 58.1 Å². The second kappa shape index (κ2) is 15.0. The van der Waals surface area contributed by atoms with Gasteiger partial charge in [-0.25, -0.2) is 4.99 Å². The van der Waals surface area contributed by atoms with Gasteiger partial charge in [-0.3, -0.25) is 4.99 Å². The van der Waals surface area contributed by atoms with Crippen molar-refractivity contribution in [2.24, 2.45) is 15.9 Å². The van der Waals surface area contributed by atoms with Crippen molar-refractivity contribution in [1.29, 1.82) is 0 Å². The average molecular weight is 876 g/mol. The van der Waals surface area contributed by atoms with Crippen LogP contribution in [0.5, 0.6) is 0 Å². The molecule has 0 radical (unpaired) electrons. The molecule has 2 unspecified atom stereocenters. The molecule has 0 saturated carbocycles. The summed E-state index contributed by atoms with van der Waals surface area (Å²) in [6.45, 7) is 2.30. The Morgan fingerprint density at radius 2 is 1.15 bits per heavy atom. The van der Waals surface area contributed by atoms with Crippen LogP contribution < -0.4 is 0 Å². The summed E-state index contributed by atoms with van der Waals surface area (Å²) < 4.78 is 11.9. The van der Waals surface area contributed by atoms with E-state index in [4.69, 9.17) is 14.4 Å². The largest absolute Gasteiger partial charge is 0.456 e. The zero-order valence-electron chi connectivity index (χ0n) is 36.6. The summed E-state index contributed by atoms with van der Waals surface area (Å²) >= 11 is 1.85. The maximum atomic E-state index is 6.78. The molecule has 4 nitrogen and oxygen atoms in total. The lowest BCUT2D eigenvalue weighted by Crippen LogP contribution is -2.29. The summed E-state index contributed by atoms with van der Waals surface area (Å²) in [4.78, 5) is 11.5. The summed E-state index contributed by atoms with van der Waals surface area (Å²) in [5.74, 6) is 0.669. The molecule has 1 aliphatic heterocycles. The Labute approximate surface area is 390 Å². The monoisotopic (exact) mass is 875 g/mol. The number of hydrogen-bond acceptors (Lipinski definition) is 4. The number of benzene rings is 10. The molecule has 316 valence electrons. The van der Waals surface area contributed by atoms with Crippen LogP contribution in [0.25, 0.3) is 102 Å². The number of fused-ring (bicyclic) bond motifs is 12. The van der Waals surface area contributed by atoms with E-state index in [1.807, 2.05) is 11.3 Å². The molecule has 10 aromatic carbocycles. The number of furan rings is 1. The topological polar surface area (TPSA) is 42.8 Å². The molecule has 1 aliphatic rings. The molecule has 0 bridgehead atoms. The molecule has 0 fully saturated rings. The fourth-order valence-corrected chi connectivity index (χ4v) is 12.2. The molecule has 67 heavy (non-hydrogen) atoms. The lowest BCUT2D eigenvalue weighted by Gasteiger charge is -2.32. The highest BCUT2D eigenvalue weighted by atomic mass is 32.1. The maximum absolute atomic E-state index is 6.78. The molecule has 14 rings (SSSR count). The van der Waals surface area contributed by atoms with Crippen LogP contribution in [-0.4, -0.2) is 16.1 Å². The zero-order valence-corrected chi connectivity index (χ0v) is 37.5. The van der Waals surface area contributed by atoms with Crippen molar-refractivity contribution in [1.82, 2.24) is 4.57 Å². The summed E-state index contributed by atoms with van der Waals surface area (Å²) in [5, 5.41) is 12.1. The first kappa shape index (κ1) is 38.2. The van der Waals surface area contributed by atoms with Crippen molar-refractivity contribution in [3.63, 3.8) is 0 Å². The van der Waals surface area contributed by atoms with E-state index in [9.17, 15) is 0 Å². The third-order valence-corrected chi connectivity index (χ3v) is 15.3. The van der Waals surface area contributed by atoms with Crippen LogP contribution in [0.3, 0.4) is 0 Å². The third kappa shape index (κ3) is 5.91. The molecular formula is C62H41N3OS. The number of hydrogen-bond donors (Lipinski definition) is 0. The van der Waals surface area contributed by atoms with Gasteiger partial charge in [0.2, 0.25) is 0 Å². The maximum Gasteiger partial charge on any atom is 0.155 e. The predicted molar refractivity (Wildman–Crippen MR) is 284 cm³/mol. The average Bonchev–Trinajstić information content (AvgIpc) is 4.07. The number of aromatic nitrogens is 1. The number of thiophene rings is 1. The van der Waals surface area contributed by atoms with Crippen LogP contribution in [0.4, 0.5) is 0 Å². The highest BCUT2D eigenvalue weighted by molar-refractivity contribution is 7.25. The molecular weight excluding hydrogens is 835 g/mol. The van der Waals surface area contributed by atoms with Gasteiger partial charge in [0.25, 0.3) is 0 Å². The molecule has 3 aromatic heterocycles. The standard InChI is InChI=1S/C62H41N3OS/c1-2-44-60(43-28-30-47-46-20-11-13-23-55(46)67-56(47)36-43)63-62(40-26-24-38(25-27-40)37-14-4-3-5-15-37)64-61(44)59-51(32-33-54-58(59)48-21-10-12-22-53(48)66-54)65-50-31-29-39-16-8-9-19-45(39)57(50)49-34-41-17-6-7-18-42(41)35-52(49)65/h3-36,44,61H,2H2,1H3. The van der Waals surface area contributed by atoms with Crippen molar-refractivity contribution in [2.75, 3.05) is 0 Å². The Balaban J connectivity index is 1.08. The van der Waals surface area contributed by atoms with Gasteiger partial charge in [0, 0.05) is 58.8 Å². The second-order valence-corrected chi connectivity index (χ2v) is 18.9. The Kier molecular flexibility index (Phi) is 8.52. The SMILES string of the molecule is CCC1C(c2ccc3c(c2)sc2ccccc23)=NC(c2ccc(-c3ccccc3)cc2)=NC1c1c(-n2c3cc4ccccc4cc3c3c4ccccc4ccc32)ccc2oc3ccccc3c12. The highest BCUT2D eigenvalue weighted by Gasteiger charge is 2.36. The molecule has 0 N–H and O–H groups in total. The van der Waals surface area contributed by atoms with Gasteiger partial charge >= 0.3 is 0 Å². The Hall–Kier alpha value is -8.12. The number of rotatable bonds is 6.